The first-order valence-electron chi connectivity index (χ1n) is 10.9. The van der Waals surface area contributed by atoms with E-state index < -0.39 is 18.2 Å². The minimum Gasteiger partial charge on any atom is -0.494 e. The number of hydrogen-bond acceptors (Lipinski definition) is 7. The Balaban J connectivity index is 1.36. The Labute approximate surface area is 208 Å². The quantitative estimate of drug-likeness (QED) is 0.319. The summed E-state index contributed by atoms with van der Waals surface area (Å²) in [6, 6.07) is 13.6. The lowest BCUT2D eigenvalue weighted by molar-refractivity contribution is -0.137. The van der Waals surface area contributed by atoms with Crippen LogP contribution in [0.2, 0.25) is 10.0 Å². The number of Topliss-reactive ketones (excluding diaryl/α,β-unsaturated/α-hetero) is 1. The van der Waals surface area contributed by atoms with Gasteiger partial charge >= 0.3 is 5.97 Å². The lowest BCUT2D eigenvalue weighted by Gasteiger charge is -2.33. The molecule has 2 aromatic carbocycles. The van der Waals surface area contributed by atoms with Gasteiger partial charge in [0.05, 0.1) is 41.9 Å². The third-order valence-electron chi connectivity index (χ3n) is 5.14. The van der Waals surface area contributed by atoms with E-state index in [0.29, 0.717) is 34.6 Å². The van der Waals surface area contributed by atoms with Gasteiger partial charge in [0.15, 0.2) is 11.4 Å². The molecule has 1 aliphatic rings. The number of hydrogen-bond donors (Lipinski definition) is 1. The van der Waals surface area contributed by atoms with Gasteiger partial charge in [0.1, 0.15) is 18.6 Å². The number of carbonyl (C=O) groups is 2. The van der Waals surface area contributed by atoms with Gasteiger partial charge in [-0.15, -0.1) is 0 Å². The average molecular weight is 509 g/mol. The van der Waals surface area contributed by atoms with Crippen LogP contribution in [0.1, 0.15) is 36.0 Å². The Kier molecular flexibility index (Phi) is 9.62. The summed E-state index contributed by atoms with van der Waals surface area (Å²) < 4.78 is 22.0. The molecule has 2 aromatic rings. The molecule has 7 nitrogen and oxygen atoms in total. The molecule has 0 spiro atoms. The number of aliphatic hydroxyl groups excluding tert-OH is 1. The second kappa shape index (κ2) is 12.6. The number of esters is 1. The van der Waals surface area contributed by atoms with Crippen molar-refractivity contribution in [3.05, 3.63) is 76.2 Å². The van der Waals surface area contributed by atoms with Crippen LogP contribution in [0.4, 0.5) is 0 Å². The zero-order chi connectivity index (χ0) is 24.4. The van der Waals surface area contributed by atoms with Crippen molar-refractivity contribution in [1.29, 1.82) is 0 Å². The average Bonchev–Trinajstić information content (AvgIpc) is 2.85. The van der Waals surface area contributed by atoms with E-state index >= 15 is 0 Å². The van der Waals surface area contributed by atoms with Crippen LogP contribution in [-0.4, -0.2) is 48.9 Å². The first-order valence-corrected chi connectivity index (χ1v) is 11.6. The van der Waals surface area contributed by atoms with E-state index in [-0.39, 0.29) is 24.6 Å². The summed E-state index contributed by atoms with van der Waals surface area (Å²) in [7, 11) is 0. The molecule has 9 heteroatoms. The maximum absolute atomic E-state index is 12.5. The molecule has 1 N–H and O–H groups in total. The molecule has 0 saturated carbocycles. The summed E-state index contributed by atoms with van der Waals surface area (Å²) in [5, 5.41) is 10.7. The van der Waals surface area contributed by atoms with Gasteiger partial charge in [0.25, 0.3) is 0 Å². The Hall–Kier alpha value is -2.74. The molecule has 1 atom stereocenters. The van der Waals surface area contributed by atoms with Crippen molar-refractivity contribution in [2.75, 3.05) is 26.4 Å². The third kappa shape index (κ3) is 7.38. The van der Waals surface area contributed by atoms with Gasteiger partial charge in [0, 0.05) is 6.07 Å². The number of benzene rings is 2. The molecule has 0 bridgehead atoms. The van der Waals surface area contributed by atoms with Crippen molar-refractivity contribution in [2.24, 2.45) is 0 Å². The number of halogens is 2. The van der Waals surface area contributed by atoms with Crippen LogP contribution < -0.4 is 4.74 Å². The molecule has 182 valence electrons. The number of rotatable bonds is 12. The molecule has 34 heavy (non-hydrogen) atoms. The van der Waals surface area contributed by atoms with Crippen LogP contribution in [0.3, 0.4) is 0 Å². The highest BCUT2D eigenvalue weighted by atomic mass is 35.5. The summed E-state index contributed by atoms with van der Waals surface area (Å²) in [5.41, 5.74) is -0.948. The molecule has 3 rings (SSSR count). The molecular formula is C25H26Cl2O7. The fourth-order valence-corrected chi connectivity index (χ4v) is 3.47. The number of carbonyl (C=O) groups excluding carboxylic acids is 2. The van der Waals surface area contributed by atoms with E-state index in [0.717, 1.165) is 19.3 Å². The van der Waals surface area contributed by atoms with Gasteiger partial charge < -0.3 is 24.1 Å². The second-order valence-corrected chi connectivity index (χ2v) is 8.63. The summed E-state index contributed by atoms with van der Waals surface area (Å²) in [4.78, 5) is 24.6. The lowest BCUT2D eigenvalue weighted by atomic mass is 9.96. The second-order valence-electron chi connectivity index (χ2n) is 7.82. The van der Waals surface area contributed by atoms with Crippen molar-refractivity contribution in [3.8, 4) is 5.75 Å². The van der Waals surface area contributed by atoms with E-state index in [1.165, 1.54) is 6.26 Å². The van der Waals surface area contributed by atoms with Gasteiger partial charge in [-0.25, -0.2) is 4.79 Å². The van der Waals surface area contributed by atoms with Crippen LogP contribution in [0.25, 0.3) is 0 Å². The van der Waals surface area contributed by atoms with Crippen LogP contribution in [0.5, 0.6) is 5.75 Å². The largest absolute Gasteiger partial charge is 0.494 e. The maximum atomic E-state index is 12.5. The van der Waals surface area contributed by atoms with E-state index in [2.05, 4.69) is 0 Å². The van der Waals surface area contributed by atoms with Gasteiger partial charge in [0.2, 0.25) is 5.78 Å². The molecular weight excluding hydrogens is 483 g/mol. The standard InChI is InChI=1S/C25H26Cl2O7/c26-20-10-9-19(13-21(20)27)31-11-5-2-6-12-32-23-15-34-25(16-28,14-22(23)29)17-33-24(30)18-7-3-1-4-8-18/h1,3-4,7-10,13,15,28H,2,5-6,11-12,14,16-17H2. The fourth-order valence-electron chi connectivity index (χ4n) is 3.18. The Morgan fingerprint density at radius 2 is 1.74 bits per heavy atom. The number of allylic oxidation sites excluding steroid dienone is 1. The van der Waals surface area contributed by atoms with E-state index in [9.17, 15) is 14.7 Å². The maximum Gasteiger partial charge on any atom is 0.338 e. The smallest absolute Gasteiger partial charge is 0.338 e. The first kappa shape index (κ1) is 25.9. The highest BCUT2D eigenvalue weighted by Crippen LogP contribution is 2.27. The highest BCUT2D eigenvalue weighted by Gasteiger charge is 2.40. The van der Waals surface area contributed by atoms with Crippen molar-refractivity contribution < 1.29 is 33.6 Å². The predicted octanol–water partition coefficient (Wildman–Crippen LogP) is 4.98. The zero-order valence-corrected chi connectivity index (χ0v) is 20.0. The van der Waals surface area contributed by atoms with Crippen molar-refractivity contribution in [1.82, 2.24) is 0 Å². The summed E-state index contributed by atoms with van der Waals surface area (Å²) in [6.45, 7) is 0.112. The summed E-state index contributed by atoms with van der Waals surface area (Å²) in [6.07, 6.45) is 3.38. The molecule has 0 aliphatic carbocycles. The summed E-state index contributed by atoms with van der Waals surface area (Å²) >= 11 is 11.8. The molecule has 1 aliphatic heterocycles. The summed E-state index contributed by atoms with van der Waals surface area (Å²) in [5.74, 6) is -0.134. The van der Waals surface area contributed by atoms with Gasteiger partial charge in [-0.3, -0.25) is 4.79 Å². The normalized spacial score (nSPS) is 17.5. The number of ketones is 1. The fraction of sp³-hybridized carbons (Fsp3) is 0.360. The minimum absolute atomic E-state index is 0.0884. The zero-order valence-electron chi connectivity index (χ0n) is 18.5. The number of ether oxygens (including phenoxy) is 4. The van der Waals surface area contributed by atoms with Crippen molar-refractivity contribution in [2.45, 2.75) is 31.3 Å². The molecule has 0 amide bonds. The van der Waals surface area contributed by atoms with Crippen molar-refractivity contribution >= 4 is 35.0 Å². The molecule has 0 fully saturated rings. The van der Waals surface area contributed by atoms with Crippen LogP contribution in [-0.2, 0) is 19.0 Å². The topological polar surface area (TPSA) is 91.3 Å². The molecule has 0 aromatic heterocycles. The van der Waals surface area contributed by atoms with Gasteiger partial charge in [-0.2, -0.15) is 0 Å². The van der Waals surface area contributed by atoms with Crippen LogP contribution >= 0.6 is 23.2 Å². The minimum atomic E-state index is -1.32. The van der Waals surface area contributed by atoms with Gasteiger partial charge in [-0.05, 0) is 43.5 Å². The van der Waals surface area contributed by atoms with E-state index in [4.69, 9.17) is 42.1 Å². The van der Waals surface area contributed by atoms with E-state index in [1.54, 1.807) is 48.5 Å². The third-order valence-corrected chi connectivity index (χ3v) is 5.88. The Bertz CT molecular complexity index is 1010. The Morgan fingerprint density at radius 1 is 1.00 bits per heavy atom. The molecule has 0 saturated heterocycles. The molecule has 1 heterocycles. The first-order chi connectivity index (χ1) is 16.4. The van der Waals surface area contributed by atoms with Gasteiger partial charge in [-0.1, -0.05) is 41.4 Å². The monoisotopic (exact) mass is 508 g/mol. The molecule has 0 radical (unpaired) electrons. The Morgan fingerprint density at radius 3 is 2.41 bits per heavy atom. The van der Waals surface area contributed by atoms with Crippen molar-refractivity contribution in [3.63, 3.8) is 0 Å². The van der Waals surface area contributed by atoms with Crippen LogP contribution in [0.15, 0.2) is 60.6 Å². The predicted molar refractivity (Wildman–Crippen MR) is 127 cm³/mol. The highest BCUT2D eigenvalue weighted by molar-refractivity contribution is 6.42. The van der Waals surface area contributed by atoms with Crippen LogP contribution in [0, 0.1) is 0 Å². The number of aliphatic hydroxyl groups is 1. The number of unbranched alkanes of at least 4 members (excludes halogenated alkanes) is 2. The lowest BCUT2D eigenvalue weighted by Crippen LogP contribution is -2.46. The van der Waals surface area contributed by atoms with E-state index in [1.807, 2.05) is 0 Å². The molecule has 1 unspecified atom stereocenters. The SMILES string of the molecule is O=C1CC(CO)(COC(=O)c2ccccc2)OC=C1OCCCCCOc1ccc(Cl)c(Cl)c1.